The van der Waals surface area contributed by atoms with Crippen molar-refractivity contribution in [1.29, 1.82) is 0 Å². The minimum Gasteiger partial charge on any atom is -0.462 e. The topological polar surface area (TPSA) is 26.3 Å². The van der Waals surface area contributed by atoms with Gasteiger partial charge in [-0.25, -0.2) is 4.79 Å². The van der Waals surface area contributed by atoms with Gasteiger partial charge in [0.25, 0.3) is 0 Å². The molecule has 0 aliphatic rings. The lowest BCUT2D eigenvalue weighted by Gasteiger charge is -2.00. The Labute approximate surface area is 76.1 Å². The molecule has 0 atom stereocenters. The molecule has 0 fully saturated rings. The van der Waals surface area contributed by atoms with Crippen molar-refractivity contribution in [2.24, 2.45) is 0 Å². The molecule has 0 saturated carbocycles. The molecule has 3 heteroatoms. The van der Waals surface area contributed by atoms with Crippen LogP contribution in [0.3, 0.4) is 0 Å². The molecule has 0 heterocycles. The summed E-state index contributed by atoms with van der Waals surface area (Å²) in [5.74, 6) is -0.389. The van der Waals surface area contributed by atoms with Gasteiger partial charge < -0.3 is 4.74 Å². The fraction of sp³-hybridized carbons (Fsp3) is 0.222. The van der Waals surface area contributed by atoms with E-state index >= 15 is 0 Å². The normalized spacial score (nSPS) is 9.50. The molecule has 0 aliphatic heterocycles. The van der Waals surface area contributed by atoms with Crippen LogP contribution in [-0.4, -0.2) is 12.6 Å². The maximum Gasteiger partial charge on any atom is 0.338 e. The van der Waals surface area contributed by atoms with E-state index in [1.807, 2.05) is 0 Å². The number of rotatable bonds is 2. The van der Waals surface area contributed by atoms with Gasteiger partial charge in [0.15, 0.2) is 0 Å². The van der Waals surface area contributed by atoms with Crippen LogP contribution in [0, 0.1) is 6.07 Å². The molecule has 0 spiro atoms. The van der Waals surface area contributed by atoms with Gasteiger partial charge in [0.1, 0.15) is 0 Å². The highest BCUT2D eigenvalue weighted by Gasteiger charge is 2.05. The van der Waals surface area contributed by atoms with E-state index in [0.717, 1.165) is 0 Å². The van der Waals surface area contributed by atoms with Crippen molar-refractivity contribution in [3.8, 4) is 0 Å². The number of carbonyl (C=O) groups is 1. The molecule has 1 aromatic carbocycles. The van der Waals surface area contributed by atoms with E-state index in [9.17, 15) is 4.79 Å². The predicted octanol–water partition coefficient (Wildman–Crippen LogP) is 2.32. The molecule has 0 saturated heterocycles. The smallest absolute Gasteiger partial charge is 0.338 e. The quantitative estimate of drug-likeness (QED) is 0.658. The van der Waals surface area contributed by atoms with Gasteiger partial charge in [0.2, 0.25) is 0 Å². The van der Waals surface area contributed by atoms with Gasteiger partial charge in [-0.15, -0.1) is 0 Å². The average Bonchev–Trinajstić information content (AvgIpc) is 2.05. The van der Waals surface area contributed by atoms with Crippen molar-refractivity contribution < 1.29 is 9.53 Å². The van der Waals surface area contributed by atoms with E-state index in [1.54, 1.807) is 25.1 Å². The summed E-state index contributed by atoms with van der Waals surface area (Å²) in [4.78, 5) is 11.1. The van der Waals surface area contributed by atoms with E-state index in [2.05, 4.69) is 6.07 Å². The maximum absolute atomic E-state index is 11.1. The monoisotopic (exact) mass is 183 g/mol. The SMILES string of the molecule is CCOC(=O)c1[c]c(Cl)ccc1. The van der Waals surface area contributed by atoms with Crippen LogP contribution in [-0.2, 0) is 4.74 Å². The van der Waals surface area contributed by atoms with Crippen molar-refractivity contribution in [1.82, 2.24) is 0 Å². The van der Waals surface area contributed by atoms with Gasteiger partial charge in [0.05, 0.1) is 12.2 Å². The van der Waals surface area contributed by atoms with Gasteiger partial charge in [-0.3, -0.25) is 0 Å². The molecule has 1 aromatic rings. The summed E-state index contributed by atoms with van der Waals surface area (Å²) in [5.41, 5.74) is 0.365. The number of ether oxygens (including phenoxy) is 1. The lowest BCUT2D eigenvalue weighted by atomic mass is 10.2. The molecule has 0 aliphatic carbocycles. The molecule has 2 nitrogen and oxygen atoms in total. The van der Waals surface area contributed by atoms with Crippen LogP contribution in [0.25, 0.3) is 0 Å². The van der Waals surface area contributed by atoms with Crippen LogP contribution in [0.5, 0.6) is 0 Å². The van der Waals surface area contributed by atoms with Crippen molar-refractivity contribution >= 4 is 17.6 Å². The van der Waals surface area contributed by atoms with E-state index in [4.69, 9.17) is 16.3 Å². The highest BCUT2D eigenvalue weighted by atomic mass is 35.5. The molecule has 0 aromatic heterocycles. The van der Waals surface area contributed by atoms with Crippen molar-refractivity contribution in [2.75, 3.05) is 6.61 Å². The molecule has 1 rings (SSSR count). The Bertz CT molecular complexity index is 284. The summed E-state index contributed by atoms with van der Waals surface area (Å²) in [6, 6.07) is 7.64. The van der Waals surface area contributed by atoms with Gasteiger partial charge in [0, 0.05) is 11.1 Å². The number of esters is 1. The summed E-state index contributed by atoms with van der Waals surface area (Å²) in [6.07, 6.45) is 0. The van der Waals surface area contributed by atoms with Crippen LogP contribution in [0.15, 0.2) is 18.2 Å². The predicted molar refractivity (Wildman–Crippen MR) is 46.2 cm³/mol. The highest BCUT2D eigenvalue weighted by Crippen LogP contribution is 2.10. The summed E-state index contributed by atoms with van der Waals surface area (Å²) in [7, 11) is 0. The molecule has 63 valence electrons. The van der Waals surface area contributed by atoms with Gasteiger partial charge in [-0.05, 0) is 19.1 Å². The Balaban J connectivity index is 2.81. The van der Waals surface area contributed by atoms with Gasteiger partial charge >= 0.3 is 5.97 Å². The zero-order chi connectivity index (χ0) is 8.97. The first kappa shape index (κ1) is 9.07. The molecule has 1 radical (unpaired) electrons. The minimum absolute atomic E-state index is 0.360. The fourth-order valence-corrected chi connectivity index (χ4v) is 0.943. The van der Waals surface area contributed by atoms with Gasteiger partial charge in [-0.1, -0.05) is 17.7 Å². The largest absolute Gasteiger partial charge is 0.462 e. The second kappa shape index (κ2) is 4.12. The molecule has 0 N–H and O–H groups in total. The molecular formula is C9H8ClO2. The zero-order valence-electron chi connectivity index (χ0n) is 6.63. The molecule has 0 bridgehead atoms. The first-order valence-corrected chi connectivity index (χ1v) is 3.96. The van der Waals surface area contributed by atoms with E-state index in [0.29, 0.717) is 17.2 Å². The molecule has 0 unspecified atom stereocenters. The molecule has 0 amide bonds. The minimum atomic E-state index is -0.389. The van der Waals surface area contributed by atoms with Crippen molar-refractivity contribution in [3.05, 3.63) is 34.9 Å². The summed E-state index contributed by atoms with van der Waals surface area (Å²) in [5, 5.41) is 0.417. The van der Waals surface area contributed by atoms with Crippen LogP contribution in [0.2, 0.25) is 5.02 Å². The summed E-state index contributed by atoms with van der Waals surface area (Å²) in [6.45, 7) is 2.11. The summed E-state index contributed by atoms with van der Waals surface area (Å²) >= 11 is 5.63. The Morgan fingerprint density at radius 3 is 3.00 bits per heavy atom. The lowest BCUT2D eigenvalue weighted by Crippen LogP contribution is -2.04. The Morgan fingerprint density at radius 1 is 1.67 bits per heavy atom. The first-order chi connectivity index (χ1) is 5.74. The molecule has 12 heavy (non-hydrogen) atoms. The van der Waals surface area contributed by atoms with Crippen LogP contribution < -0.4 is 0 Å². The Kier molecular flexibility index (Phi) is 3.11. The third-order valence-corrected chi connectivity index (χ3v) is 1.48. The highest BCUT2D eigenvalue weighted by molar-refractivity contribution is 6.30. The van der Waals surface area contributed by atoms with Crippen LogP contribution >= 0.6 is 11.6 Å². The number of benzene rings is 1. The van der Waals surface area contributed by atoms with E-state index in [1.165, 1.54) is 0 Å². The summed E-state index contributed by atoms with van der Waals surface area (Å²) < 4.78 is 4.75. The Morgan fingerprint density at radius 2 is 2.42 bits per heavy atom. The average molecular weight is 184 g/mol. The third-order valence-electron chi connectivity index (χ3n) is 1.25. The van der Waals surface area contributed by atoms with Crippen molar-refractivity contribution in [2.45, 2.75) is 6.92 Å². The van der Waals surface area contributed by atoms with Crippen LogP contribution in [0.1, 0.15) is 17.3 Å². The number of carbonyl (C=O) groups excluding carboxylic acids is 1. The van der Waals surface area contributed by atoms with E-state index in [-0.39, 0.29) is 5.97 Å². The second-order valence-electron chi connectivity index (χ2n) is 2.13. The molecular weight excluding hydrogens is 176 g/mol. The maximum atomic E-state index is 11.1. The Hall–Kier alpha value is -1.02. The number of halogens is 1. The number of hydrogen-bond donors (Lipinski definition) is 0. The van der Waals surface area contributed by atoms with E-state index < -0.39 is 0 Å². The van der Waals surface area contributed by atoms with Gasteiger partial charge in [-0.2, -0.15) is 0 Å². The van der Waals surface area contributed by atoms with Crippen LogP contribution in [0.4, 0.5) is 0 Å². The first-order valence-electron chi connectivity index (χ1n) is 3.59. The lowest BCUT2D eigenvalue weighted by molar-refractivity contribution is 0.0526. The second-order valence-corrected chi connectivity index (χ2v) is 2.54. The standard InChI is InChI=1S/C9H8ClO2/c1-2-12-9(11)7-4-3-5-8(10)6-7/h3-5H,2H2,1H3. The number of hydrogen-bond acceptors (Lipinski definition) is 2. The third kappa shape index (κ3) is 2.24. The zero-order valence-corrected chi connectivity index (χ0v) is 7.39. The fourth-order valence-electron chi connectivity index (χ4n) is 0.769. The van der Waals surface area contributed by atoms with Crippen molar-refractivity contribution in [3.63, 3.8) is 0 Å².